The first-order chi connectivity index (χ1) is 6.34. The molecular formula is C10H12BrNS. The molecule has 0 saturated heterocycles. The number of halogens is 1. The zero-order chi connectivity index (χ0) is 9.10. The summed E-state index contributed by atoms with van der Waals surface area (Å²) in [5, 5.41) is 3.47. The summed E-state index contributed by atoms with van der Waals surface area (Å²) in [4.78, 5) is 1.33. The van der Waals surface area contributed by atoms with Crippen LogP contribution >= 0.6 is 27.7 Å². The van der Waals surface area contributed by atoms with Crippen LogP contribution in [0.25, 0.3) is 0 Å². The average molecular weight is 258 g/mol. The summed E-state index contributed by atoms with van der Waals surface area (Å²) in [6.45, 7) is 0. The molecule has 0 bridgehead atoms. The van der Waals surface area contributed by atoms with E-state index in [1.807, 2.05) is 11.8 Å². The van der Waals surface area contributed by atoms with Gasteiger partial charge in [-0.2, -0.15) is 0 Å². The molecule has 0 atom stereocenters. The molecule has 0 spiro atoms. The lowest BCUT2D eigenvalue weighted by Gasteiger charge is -2.02. The summed E-state index contributed by atoms with van der Waals surface area (Å²) in [6, 6.07) is 9.26. The smallest absolute Gasteiger partial charge is 0.0467 e. The third-order valence-corrected chi connectivity index (χ3v) is 3.45. The van der Waals surface area contributed by atoms with E-state index in [0.29, 0.717) is 0 Å². The van der Waals surface area contributed by atoms with Crippen molar-refractivity contribution in [1.82, 2.24) is 5.32 Å². The molecule has 0 heterocycles. The van der Waals surface area contributed by atoms with Gasteiger partial charge in [0.2, 0.25) is 0 Å². The number of hydrogen-bond acceptors (Lipinski definition) is 2. The van der Waals surface area contributed by atoms with Gasteiger partial charge in [0.25, 0.3) is 0 Å². The van der Waals surface area contributed by atoms with Crippen LogP contribution in [0.2, 0.25) is 0 Å². The van der Waals surface area contributed by atoms with E-state index in [2.05, 4.69) is 45.5 Å². The highest BCUT2D eigenvalue weighted by atomic mass is 79.9. The molecule has 13 heavy (non-hydrogen) atoms. The van der Waals surface area contributed by atoms with Crippen molar-refractivity contribution in [3.8, 4) is 0 Å². The first kappa shape index (κ1) is 9.56. The summed E-state index contributed by atoms with van der Waals surface area (Å²) >= 11 is 5.29. The van der Waals surface area contributed by atoms with Crippen molar-refractivity contribution in [1.29, 1.82) is 0 Å². The normalized spacial score (nSPS) is 16.1. The van der Waals surface area contributed by atoms with Gasteiger partial charge < -0.3 is 5.32 Å². The number of rotatable bonds is 4. The highest BCUT2D eigenvalue weighted by Gasteiger charge is 2.19. The lowest BCUT2D eigenvalue weighted by atomic mass is 10.4. The Bertz CT molecular complexity index is 269. The van der Waals surface area contributed by atoms with Gasteiger partial charge in [-0.1, -0.05) is 15.9 Å². The van der Waals surface area contributed by atoms with E-state index < -0.39 is 0 Å². The minimum absolute atomic E-state index is 0.808. The van der Waals surface area contributed by atoms with Gasteiger partial charge in [-0.25, -0.2) is 0 Å². The van der Waals surface area contributed by atoms with E-state index >= 15 is 0 Å². The first-order valence-electron chi connectivity index (χ1n) is 4.46. The number of nitrogens with one attached hydrogen (secondary N) is 1. The van der Waals surface area contributed by atoms with Crippen LogP contribution < -0.4 is 5.32 Å². The van der Waals surface area contributed by atoms with E-state index in [9.17, 15) is 0 Å². The second-order valence-corrected chi connectivity index (χ2v) is 5.19. The third-order valence-electron chi connectivity index (χ3n) is 2.00. The molecule has 2 rings (SSSR count). The number of benzene rings is 1. The predicted octanol–water partition coefficient (Wildman–Crippen LogP) is 3.25. The summed E-state index contributed by atoms with van der Waals surface area (Å²) in [7, 11) is 0. The van der Waals surface area contributed by atoms with Crippen LogP contribution in [-0.2, 0) is 0 Å². The van der Waals surface area contributed by atoms with Crippen LogP contribution in [0.1, 0.15) is 12.8 Å². The third kappa shape index (κ3) is 3.33. The molecule has 0 radical (unpaired) electrons. The Hall–Kier alpha value is 0.01000. The molecule has 1 fully saturated rings. The van der Waals surface area contributed by atoms with Crippen LogP contribution in [-0.4, -0.2) is 11.9 Å². The summed E-state index contributed by atoms with van der Waals surface area (Å²) in [5.74, 6) is 1.03. The van der Waals surface area contributed by atoms with Crippen LogP contribution in [0.15, 0.2) is 33.6 Å². The lowest BCUT2D eigenvalue weighted by Crippen LogP contribution is -2.14. The summed E-state index contributed by atoms with van der Waals surface area (Å²) in [6.07, 6.45) is 2.72. The molecule has 1 aliphatic carbocycles. The van der Waals surface area contributed by atoms with Gasteiger partial charge in [0, 0.05) is 21.3 Å². The molecular weight excluding hydrogens is 246 g/mol. The molecule has 1 saturated carbocycles. The van der Waals surface area contributed by atoms with Gasteiger partial charge in [-0.3, -0.25) is 0 Å². The molecule has 70 valence electrons. The van der Waals surface area contributed by atoms with Crippen molar-refractivity contribution in [3.05, 3.63) is 28.7 Å². The average Bonchev–Trinajstić information content (AvgIpc) is 2.92. The van der Waals surface area contributed by atoms with Gasteiger partial charge in [0.05, 0.1) is 0 Å². The fourth-order valence-corrected chi connectivity index (χ4v) is 2.14. The standard InChI is InChI=1S/C10H12BrNS/c11-8-1-5-10(6-2-8)13-7-12-9-3-4-9/h1-2,5-6,9,12H,3-4,7H2. The SMILES string of the molecule is Brc1ccc(SCNC2CC2)cc1. The van der Waals surface area contributed by atoms with Crippen molar-refractivity contribution in [2.45, 2.75) is 23.8 Å². The molecule has 0 aliphatic heterocycles. The Balaban J connectivity index is 1.76. The van der Waals surface area contributed by atoms with E-state index in [1.54, 1.807) is 0 Å². The van der Waals surface area contributed by atoms with Crippen LogP contribution in [0.3, 0.4) is 0 Å². The largest absolute Gasteiger partial charge is 0.305 e. The monoisotopic (exact) mass is 257 g/mol. The minimum Gasteiger partial charge on any atom is -0.305 e. The molecule has 1 nitrogen and oxygen atoms in total. The molecule has 3 heteroatoms. The Morgan fingerprint density at radius 3 is 2.62 bits per heavy atom. The maximum atomic E-state index is 3.47. The predicted molar refractivity (Wildman–Crippen MR) is 61.0 cm³/mol. The second-order valence-electron chi connectivity index (χ2n) is 3.22. The fourth-order valence-electron chi connectivity index (χ4n) is 1.06. The number of hydrogen-bond donors (Lipinski definition) is 1. The zero-order valence-corrected chi connectivity index (χ0v) is 9.70. The molecule has 1 aromatic carbocycles. The molecule has 0 unspecified atom stereocenters. The molecule has 0 aromatic heterocycles. The van der Waals surface area contributed by atoms with Crippen LogP contribution in [0, 0.1) is 0 Å². The Morgan fingerprint density at radius 2 is 2.00 bits per heavy atom. The van der Waals surface area contributed by atoms with Crippen molar-refractivity contribution < 1.29 is 0 Å². The maximum absolute atomic E-state index is 3.47. The van der Waals surface area contributed by atoms with Crippen molar-refractivity contribution in [2.75, 3.05) is 5.88 Å². The van der Waals surface area contributed by atoms with Crippen molar-refractivity contribution >= 4 is 27.7 Å². The highest BCUT2D eigenvalue weighted by Crippen LogP contribution is 2.23. The molecule has 0 amide bonds. The topological polar surface area (TPSA) is 12.0 Å². The van der Waals surface area contributed by atoms with E-state index in [1.165, 1.54) is 17.7 Å². The van der Waals surface area contributed by atoms with Gasteiger partial charge >= 0.3 is 0 Å². The zero-order valence-electron chi connectivity index (χ0n) is 7.29. The van der Waals surface area contributed by atoms with E-state index in [-0.39, 0.29) is 0 Å². The van der Waals surface area contributed by atoms with Crippen molar-refractivity contribution in [2.24, 2.45) is 0 Å². The van der Waals surface area contributed by atoms with Gasteiger partial charge in [-0.05, 0) is 37.1 Å². The Kier molecular flexibility index (Phi) is 3.30. The maximum Gasteiger partial charge on any atom is 0.0467 e. The molecule has 1 N–H and O–H groups in total. The van der Waals surface area contributed by atoms with Crippen LogP contribution in [0.5, 0.6) is 0 Å². The Labute approximate surface area is 91.4 Å². The van der Waals surface area contributed by atoms with E-state index in [0.717, 1.165) is 16.4 Å². The first-order valence-corrected chi connectivity index (χ1v) is 6.24. The highest BCUT2D eigenvalue weighted by molar-refractivity contribution is 9.10. The molecule has 1 aromatic rings. The Morgan fingerprint density at radius 1 is 1.31 bits per heavy atom. The summed E-state index contributed by atoms with van der Waals surface area (Å²) in [5.41, 5.74) is 0. The van der Waals surface area contributed by atoms with Crippen molar-refractivity contribution in [3.63, 3.8) is 0 Å². The molecule has 1 aliphatic rings. The van der Waals surface area contributed by atoms with Gasteiger partial charge in [-0.15, -0.1) is 11.8 Å². The van der Waals surface area contributed by atoms with Gasteiger partial charge in [0.15, 0.2) is 0 Å². The van der Waals surface area contributed by atoms with E-state index in [4.69, 9.17) is 0 Å². The minimum atomic E-state index is 0.808. The quantitative estimate of drug-likeness (QED) is 0.657. The van der Waals surface area contributed by atoms with Gasteiger partial charge in [0.1, 0.15) is 0 Å². The number of thioether (sulfide) groups is 1. The lowest BCUT2D eigenvalue weighted by molar-refractivity contribution is 0.789. The van der Waals surface area contributed by atoms with Crippen LogP contribution in [0.4, 0.5) is 0 Å². The summed E-state index contributed by atoms with van der Waals surface area (Å²) < 4.78 is 1.15. The second kappa shape index (κ2) is 4.49. The fraction of sp³-hybridized carbons (Fsp3) is 0.400.